The third-order valence-corrected chi connectivity index (χ3v) is 5.16. The van der Waals surface area contributed by atoms with Crippen LogP contribution in [0.4, 0.5) is 4.39 Å². The van der Waals surface area contributed by atoms with Crippen molar-refractivity contribution in [3.05, 3.63) is 120 Å². The van der Waals surface area contributed by atoms with Gasteiger partial charge in [0.25, 0.3) is 0 Å². The molecule has 0 saturated carbocycles. The molecule has 0 aromatic heterocycles. The first-order valence-corrected chi connectivity index (χ1v) is 8.98. The number of rotatable bonds is 2. The summed E-state index contributed by atoms with van der Waals surface area (Å²) in [5.41, 5.74) is 1.43. The van der Waals surface area contributed by atoms with E-state index in [1.807, 2.05) is 66.7 Å². The zero-order chi connectivity index (χ0) is 18.3. The Morgan fingerprint density at radius 2 is 1.44 bits per heavy atom. The maximum Gasteiger partial charge on any atom is 0.180 e. The van der Waals surface area contributed by atoms with Crippen LogP contribution in [0.15, 0.2) is 97.1 Å². The molecule has 1 atom stereocenters. The minimum absolute atomic E-state index is 0.282. The molecule has 0 fully saturated rings. The van der Waals surface area contributed by atoms with E-state index in [9.17, 15) is 4.39 Å². The van der Waals surface area contributed by atoms with E-state index < -0.39 is 5.60 Å². The van der Waals surface area contributed by atoms with Gasteiger partial charge in [-0.15, -0.1) is 0 Å². The van der Waals surface area contributed by atoms with Gasteiger partial charge in [0.15, 0.2) is 5.60 Å². The molecule has 1 unspecified atom stereocenters. The molecule has 1 nitrogen and oxygen atoms in total. The number of hydrogen-bond acceptors (Lipinski definition) is 1. The summed E-state index contributed by atoms with van der Waals surface area (Å²) in [4.78, 5) is 0. The Morgan fingerprint density at radius 3 is 2.30 bits per heavy atom. The SMILES string of the molecule is Fc1ccccc1C1(c2ccccc2)C=Cc2c(ccc3ccccc23)O1. The lowest BCUT2D eigenvalue weighted by molar-refractivity contribution is 0.156. The Bertz CT molecular complexity index is 1160. The molecule has 0 amide bonds. The number of fused-ring (bicyclic) bond motifs is 3. The number of halogens is 1. The summed E-state index contributed by atoms with van der Waals surface area (Å²) in [5.74, 6) is 0.471. The highest BCUT2D eigenvalue weighted by Crippen LogP contribution is 2.44. The van der Waals surface area contributed by atoms with Gasteiger partial charge in [0, 0.05) is 16.7 Å². The van der Waals surface area contributed by atoms with Crippen LogP contribution in [0.5, 0.6) is 5.75 Å². The van der Waals surface area contributed by atoms with Crippen LogP contribution in [0.25, 0.3) is 16.8 Å². The molecule has 0 N–H and O–H groups in total. The highest BCUT2D eigenvalue weighted by Gasteiger charge is 2.39. The standard InChI is InChI=1S/C25H17FO/c26-23-13-7-6-12-22(23)25(19-9-2-1-3-10-19)17-16-21-20-11-5-4-8-18(20)14-15-24(21)27-25/h1-17H. The molecule has 4 aromatic rings. The van der Waals surface area contributed by atoms with E-state index in [0.29, 0.717) is 5.56 Å². The van der Waals surface area contributed by atoms with Gasteiger partial charge in [0.05, 0.1) is 0 Å². The Morgan fingerprint density at radius 1 is 0.704 bits per heavy atom. The van der Waals surface area contributed by atoms with E-state index in [1.54, 1.807) is 12.1 Å². The van der Waals surface area contributed by atoms with E-state index in [-0.39, 0.29) is 5.82 Å². The van der Waals surface area contributed by atoms with Gasteiger partial charge in [-0.05, 0) is 35.1 Å². The minimum atomic E-state index is -0.998. The molecule has 1 heterocycles. The lowest BCUT2D eigenvalue weighted by Gasteiger charge is -2.36. The summed E-state index contributed by atoms with van der Waals surface area (Å²) in [6.45, 7) is 0. The van der Waals surface area contributed by atoms with Crippen molar-refractivity contribution in [3.8, 4) is 5.75 Å². The van der Waals surface area contributed by atoms with E-state index in [0.717, 1.165) is 27.6 Å². The van der Waals surface area contributed by atoms with Gasteiger partial charge in [-0.1, -0.05) is 78.9 Å². The second kappa shape index (κ2) is 6.10. The zero-order valence-electron chi connectivity index (χ0n) is 14.6. The fourth-order valence-corrected chi connectivity index (χ4v) is 3.85. The number of hydrogen-bond donors (Lipinski definition) is 0. The molecule has 130 valence electrons. The average molecular weight is 352 g/mol. The first kappa shape index (κ1) is 15.8. The van der Waals surface area contributed by atoms with E-state index >= 15 is 0 Å². The van der Waals surface area contributed by atoms with Crippen LogP contribution in [0, 0.1) is 5.82 Å². The van der Waals surface area contributed by atoms with Crippen LogP contribution in [-0.2, 0) is 5.60 Å². The molecule has 1 aliphatic heterocycles. The molecule has 0 aliphatic carbocycles. The van der Waals surface area contributed by atoms with Crippen LogP contribution in [0.1, 0.15) is 16.7 Å². The molecule has 0 saturated heterocycles. The van der Waals surface area contributed by atoms with Gasteiger partial charge in [-0.25, -0.2) is 4.39 Å². The summed E-state index contributed by atoms with van der Waals surface area (Å²) in [6.07, 6.45) is 4.02. The highest BCUT2D eigenvalue weighted by atomic mass is 19.1. The van der Waals surface area contributed by atoms with Gasteiger partial charge in [-0.3, -0.25) is 0 Å². The monoisotopic (exact) mass is 352 g/mol. The second-order valence-corrected chi connectivity index (χ2v) is 6.72. The van der Waals surface area contributed by atoms with Crippen molar-refractivity contribution in [2.45, 2.75) is 5.60 Å². The van der Waals surface area contributed by atoms with Gasteiger partial charge in [-0.2, -0.15) is 0 Å². The van der Waals surface area contributed by atoms with Crippen LogP contribution in [0.3, 0.4) is 0 Å². The predicted octanol–water partition coefficient (Wildman–Crippen LogP) is 6.33. The second-order valence-electron chi connectivity index (χ2n) is 6.72. The highest BCUT2D eigenvalue weighted by molar-refractivity contribution is 5.94. The Labute approximate surface area is 157 Å². The minimum Gasteiger partial charge on any atom is -0.473 e. The molecule has 1 aliphatic rings. The largest absolute Gasteiger partial charge is 0.473 e. The molecule has 0 bridgehead atoms. The maximum atomic E-state index is 14.8. The predicted molar refractivity (Wildman–Crippen MR) is 107 cm³/mol. The fraction of sp³-hybridized carbons (Fsp3) is 0.0400. The Kier molecular flexibility index (Phi) is 3.58. The van der Waals surface area contributed by atoms with E-state index in [1.165, 1.54) is 6.07 Å². The topological polar surface area (TPSA) is 9.23 Å². The lowest BCUT2D eigenvalue weighted by atomic mass is 9.83. The quantitative estimate of drug-likeness (QED) is 0.410. The fourth-order valence-electron chi connectivity index (χ4n) is 3.85. The normalized spacial score (nSPS) is 18.1. The Hall–Kier alpha value is -3.39. The van der Waals surface area contributed by atoms with Crippen LogP contribution < -0.4 is 4.74 Å². The van der Waals surface area contributed by atoms with Crippen molar-refractivity contribution in [2.24, 2.45) is 0 Å². The third kappa shape index (κ3) is 2.45. The third-order valence-electron chi connectivity index (χ3n) is 5.16. The first-order chi connectivity index (χ1) is 13.3. The van der Waals surface area contributed by atoms with Crippen molar-refractivity contribution in [1.82, 2.24) is 0 Å². The molecule has 2 heteroatoms. The molecule has 5 rings (SSSR count). The molecule has 27 heavy (non-hydrogen) atoms. The van der Waals surface area contributed by atoms with Crippen LogP contribution >= 0.6 is 0 Å². The maximum absolute atomic E-state index is 14.8. The summed E-state index contributed by atoms with van der Waals surface area (Å²) in [5, 5.41) is 2.28. The van der Waals surface area contributed by atoms with Gasteiger partial charge in [0.2, 0.25) is 0 Å². The summed E-state index contributed by atoms with van der Waals surface area (Å²) < 4.78 is 21.4. The molecule has 4 aromatic carbocycles. The van der Waals surface area contributed by atoms with Gasteiger partial charge < -0.3 is 4.74 Å². The first-order valence-electron chi connectivity index (χ1n) is 8.98. The van der Waals surface area contributed by atoms with Gasteiger partial charge in [0.1, 0.15) is 11.6 Å². The average Bonchev–Trinajstić information content (AvgIpc) is 2.74. The summed E-state index contributed by atoms with van der Waals surface area (Å²) in [6, 6.07) is 28.8. The summed E-state index contributed by atoms with van der Waals surface area (Å²) >= 11 is 0. The Balaban J connectivity index is 1.77. The van der Waals surface area contributed by atoms with E-state index in [2.05, 4.69) is 18.2 Å². The lowest BCUT2D eigenvalue weighted by Crippen LogP contribution is -2.35. The number of ether oxygens (including phenoxy) is 1. The molecular weight excluding hydrogens is 335 g/mol. The molecule has 0 spiro atoms. The van der Waals surface area contributed by atoms with Crippen molar-refractivity contribution >= 4 is 16.8 Å². The smallest absolute Gasteiger partial charge is 0.180 e. The zero-order valence-corrected chi connectivity index (χ0v) is 14.6. The van der Waals surface area contributed by atoms with Gasteiger partial charge >= 0.3 is 0 Å². The van der Waals surface area contributed by atoms with Crippen molar-refractivity contribution in [3.63, 3.8) is 0 Å². The van der Waals surface area contributed by atoms with Crippen LogP contribution in [-0.4, -0.2) is 0 Å². The van der Waals surface area contributed by atoms with Crippen molar-refractivity contribution < 1.29 is 9.13 Å². The number of benzene rings is 4. The van der Waals surface area contributed by atoms with Crippen molar-refractivity contribution in [1.29, 1.82) is 0 Å². The van der Waals surface area contributed by atoms with E-state index in [4.69, 9.17) is 4.74 Å². The molecule has 0 radical (unpaired) electrons. The molecular formula is C25H17FO. The van der Waals surface area contributed by atoms with Crippen molar-refractivity contribution in [2.75, 3.05) is 0 Å². The van der Waals surface area contributed by atoms with Crippen LogP contribution in [0.2, 0.25) is 0 Å². The summed E-state index contributed by atoms with van der Waals surface area (Å²) in [7, 11) is 0.